The highest BCUT2D eigenvalue weighted by atomic mass is 16.6. The molecule has 0 saturated carbocycles. The summed E-state index contributed by atoms with van der Waals surface area (Å²) in [5, 5.41) is 18.0. The average molecular weight is 496 g/mol. The molecule has 0 aliphatic carbocycles. The maximum atomic E-state index is 13.3. The number of hydrogen-bond acceptors (Lipinski definition) is 8. The molecule has 5 amide bonds. The van der Waals surface area contributed by atoms with Gasteiger partial charge in [-0.25, -0.2) is 14.4 Å². The van der Waals surface area contributed by atoms with Crippen molar-refractivity contribution >= 4 is 29.9 Å². The van der Waals surface area contributed by atoms with Gasteiger partial charge in [-0.1, -0.05) is 50.6 Å². The van der Waals surface area contributed by atoms with Crippen LogP contribution >= 0.6 is 0 Å². The first-order valence-electron chi connectivity index (χ1n) is 11.2. The van der Waals surface area contributed by atoms with Gasteiger partial charge in [-0.2, -0.15) is 0 Å². The molecule has 5 N–H and O–H groups in total. The number of carbonyl (C=O) groups is 5. The summed E-state index contributed by atoms with van der Waals surface area (Å²) in [6.45, 7) is 5.03. The molecule has 35 heavy (non-hydrogen) atoms. The topological polar surface area (TPSA) is 186 Å². The van der Waals surface area contributed by atoms with E-state index in [9.17, 15) is 24.0 Å². The molecule has 194 valence electrons. The lowest BCUT2D eigenvalue weighted by atomic mass is 9.74. The molecule has 1 aliphatic rings. The van der Waals surface area contributed by atoms with Crippen LogP contribution in [0.25, 0.3) is 0 Å². The maximum absolute atomic E-state index is 13.3. The van der Waals surface area contributed by atoms with Crippen LogP contribution in [0.5, 0.6) is 0 Å². The SMILES string of the molecule is CC(O)C(=O)O.CCCCOCC(CN1C(=O)NC(=O)C(CC)(c2ccccc2)C1=O)OC(N)=O. The predicted molar refractivity (Wildman–Crippen MR) is 123 cm³/mol. The summed E-state index contributed by atoms with van der Waals surface area (Å²) in [7, 11) is 0. The first kappa shape index (κ1) is 29.5. The fourth-order valence-corrected chi connectivity index (χ4v) is 3.30. The van der Waals surface area contributed by atoms with Crippen LogP contribution in [0, 0.1) is 0 Å². The molecular weight excluding hydrogens is 462 g/mol. The second kappa shape index (κ2) is 14.0. The molecule has 1 aromatic rings. The fourth-order valence-electron chi connectivity index (χ4n) is 3.30. The summed E-state index contributed by atoms with van der Waals surface area (Å²) >= 11 is 0. The van der Waals surface area contributed by atoms with Crippen molar-refractivity contribution in [1.29, 1.82) is 0 Å². The number of ether oxygens (including phenoxy) is 2. The zero-order valence-electron chi connectivity index (χ0n) is 20.1. The number of aliphatic carboxylic acids is 1. The number of unbranched alkanes of at least 4 members (excludes halogenated alkanes) is 1. The molecule has 12 nitrogen and oxygen atoms in total. The smallest absolute Gasteiger partial charge is 0.404 e. The minimum Gasteiger partial charge on any atom is -0.479 e. The third kappa shape index (κ3) is 8.04. The van der Waals surface area contributed by atoms with Crippen molar-refractivity contribution in [3.05, 3.63) is 35.9 Å². The number of barbiturate groups is 1. The lowest BCUT2D eigenvalue weighted by molar-refractivity contribution is -0.147. The van der Waals surface area contributed by atoms with Gasteiger partial charge in [0.25, 0.3) is 5.91 Å². The Morgan fingerprint density at radius 1 is 1.17 bits per heavy atom. The van der Waals surface area contributed by atoms with E-state index in [1.807, 2.05) is 6.92 Å². The number of nitrogens with zero attached hydrogens (tertiary/aromatic N) is 1. The monoisotopic (exact) mass is 495 g/mol. The van der Waals surface area contributed by atoms with Gasteiger partial charge in [0.15, 0.2) is 5.41 Å². The van der Waals surface area contributed by atoms with Crippen molar-refractivity contribution in [3.8, 4) is 0 Å². The third-order valence-electron chi connectivity index (χ3n) is 5.23. The molecule has 3 unspecified atom stereocenters. The maximum Gasteiger partial charge on any atom is 0.404 e. The van der Waals surface area contributed by atoms with Gasteiger partial charge in [0.1, 0.15) is 12.2 Å². The number of urea groups is 1. The summed E-state index contributed by atoms with van der Waals surface area (Å²) in [6, 6.07) is 7.67. The number of rotatable bonds is 11. The van der Waals surface area contributed by atoms with E-state index in [2.05, 4.69) is 5.32 Å². The Balaban J connectivity index is 0.000000905. The largest absolute Gasteiger partial charge is 0.479 e. The van der Waals surface area contributed by atoms with E-state index in [-0.39, 0.29) is 19.6 Å². The predicted octanol–water partition coefficient (Wildman–Crippen LogP) is 1.15. The molecular formula is C23H33N3O9. The van der Waals surface area contributed by atoms with Gasteiger partial charge in [0, 0.05) is 6.61 Å². The van der Waals surface area contributed by atoms with Crippen LogP contribution in [-0.4, -0.2) is 77.0 Å². The molecule has 1 saturated heterocycles. The van der Waals surface area contributed by atoms with Crippen LogP contribution in [0.2, 0.25) is 0 Å². The zero-order valence-corrected chi connectivity index (χ0v) is 20.1. The second-order valence-electron chi connectivity index (χ2n) is 7.80. The molecule has 1 aliphatic heterocycles. The molecule has 1 heterocycles. The number of nitrogens with one attached hydrogen (secondary N) is 1. The summed E-state index contributed by atoms with van der Waals surface area (Å²) < 4.78 is 10.5. The summed E-state index contributed by atoms with van der Waals surface area (Å²) in [6.07, 6.45) is -1.33. The van der Waals surface area contributed by atoms with Crippen LogP contribution in [0.1, 0.15) is 45.6 Å². The Morgan fingerprint density at radius 2 is 1.77 bits per heavy atom. The first-order chi connectivity index (χ1) is 16.5. The number of aliphatic hydroxyl groups excluding tert-OH is 1. The lowest BCUT2D eigenvalue weighted by Gasteiger charge is -2.39. The molecule has 0 spiro atoms. The van der Waals surface area contributed by atoms with Gasteiger partial charge in [-0.15, -0.1) is 0 Å². The summed E-state index contributed by atoms with van der Waals surface area (Å²) in [5.74, 6) is -2.54. The quantitative estimate of drug-likeness (QED) is 0.258. The first-order valence-corrected chi connectivity index (χ1v) is 11.2. The zero-order chi connectivity index (χ0) is 26.6. The third-order valence-corrected chi connectivity index (χ3v) is 5.23. The Kier molecular flexibility index (Phi) is 11.8. The number of aliphatic hydroxyl groups is 1. The molecule has 0 bridgehead atoms. The van der Waals surface area contributed by atoms with Crippen molar-refractivity contribution in [2.75, 3.05) is 19.8 Å². The van der Waals surface area contributed by atoms with E-state index in [4.69, 9.17) is 25.4 Å². The van der Waals surface area contributed by atoms with Crippen molar-refractivity contribution < 1.29 is 43.7 Å². The van der Waals surface area contributed by atoms with Crippen LogP contribution in [0.4, 0.5) is 9.59 Å². The fraction of sp³-hybridized carbons (Fsp3) is 0.522. The van der Waals surface area contributed by atoms with Crippen LogP contribution < -0.4 is 11.1 Å². The van der Waals surface area contributed by atoms with E-state index in [0.717, 1.165) is 17.7 Å². The van der Waals surface area contributed by atoms with E-state index in [0.29, 0.717) is 12.2 Å². The number of carboxylic acids is 1. The Bertz CT molecular complexity index is 891. The minimum absolute atomic E-state index is 0.0294. The minimum atomic E-state index is -1.55. The van der Waals surface area contributed by atoms with Gasteiger partial charge in [-0.05, 0) is 25.3 Å². The Morgan fingerprint density at radius 3 is 2.26 bits per heavy atom. The normalized spacial score (nSPS) is 19.2. The van der Waals surface area contributed by atoms with E-state index < -0.39 is 47.5 Å². The molecule has 0 radical (unpaired) electrons. The van der Waals surface area contributed by atoms with Crippen LogP contribution in [0.3, 0.4) is 0 Å². The number of hydrogen-bond donors (Lipinski definition) is 4. The van der Waals surface area contributed by atoms with E-state index in [1.165, 1.54) is 6.92 Å². The highest BCUT2D eigenvalue weighted by Crippen LogP contribution is 2.33. The number of primary amides is 1. The van der Waals surface area contributed by atoms with Crippen LogP contribution in [-0.2, 0) is 29.3 Å². The second-order valence-corrected chi connectivity index (χ2v) is 7.80. The van der Waals surface area contributed by atoms with Crippen molar-refractivity contribution in [2.24, 2.45) is 5.73 Å². The lowest BCUT2D eigenvalue weighted by Crippen LogP contribution is -2.67. The molecule has 1 fully saturated rings. The summed E-state index contributed by atoms with van der Waals surface area (Å²) in [4.78, 5) is 60.0. The molecule has 0 aromatic heterocycles. The van der Waals surface area contributed by atoms with Gasteiger partial charge < -0.3 is 25.4 Å². The molecule has 3 atom stereocenters. The van der Waals surface area contributed by atoms with Crippen molar-refractivity contribution in [3.63, 3.8) is 0 Å². The Labute approximate surface area is 203 Å². The number of nitrogens with two attached hydrogens (primary N) is 1. The highest BCUT2D eigenvalue weighted by Gasteiger charge is 2.54. The number of benzene rings is 1. The van der Waals surface area contributed by atoms with E-state index >= 15 is 0 Å². The number of carbonyl (C=O) groups excluding carboxylic acids is 4. The van der Waals surface area contributed by atoms with Crippen molar-refractivity contribution in [1.82, 2.24) is 10.2 Å². The number of imide groups is 2. The van der Waals surface area contributed by atoms with E-state index in [1.54, 1.807) is 37.3 Å². The highest BCUT2D eigenvalue weighted by molar-refractivity contribution is 6.22. The molecule has 1 aromatic carbocycles. The summed E-state index contributed by atoms with van der Waals surface area (Å²) in [5.41, 5.74) is 4.05. The van der Waals surface area contributed by atoms with Crippen molar-refractivity contribution in [2.45, 2.75) is 57.7 Å². The van der Waals surface area contributed by atoms with Gasteiger partial charge in [0.05, 0.1) is 13.2 Å². The van der Waals surface area contributed by atoms with Gasteiger partial charge >= 0.3 is 18.1 Å². The number of amides is 5. The van der Waals surface area contributed by atoms with Gasteiger partial charge in [-0.3, -0.25) is 19.8 Å². The Hall–Kier alpha value is -3.51. The molecule has 12 heteroatoms. The number of carboxylic acid groups (broad SMARTS) is 1. The average Bonchev–Trinajstić information content (AvgIpc) is 2.80. The molecule has 2 rings (SSSR count). The standard InChI is InChI=1S/C20H27N3O6.C3H6O3/c1-3-5-11-28-13-15(29-18(21)26)12-23-17(25)20(4-2,16(24)22-19(23)27)14-9-7-6-8-10-14;1-2(4)3(5)6/h6-10,15H,3-5,11-13H2,1-2H3,(H2,21,26)(H,22,24,27);2,4H,1H3,(H,5,6). The van der Waals surface area contributed by atoms with Crippen LogP contribution in [0.15, 0.2) is 30.3 Å². The van der Waals surface area contributed by atoms with Gasteiger partial charge in [0.2, 0.25) is 5.91 Å².